The van der Waals surface area contributed by atoms with Gasteiger partial charge in [0.15, 0.2) is 0 Å². The summed E-state index contributed by atoms with van der Waals surface area (Å²) in [6, 6.07) is 8.69. The van der Waals surface area contributed by atoms with E-state index in [9.17, 15) is 14.4 Å². The SMILES string of the molecule is COC(=O)c1cc2cc(NC(=O)c3cc(NC(=O)OC(C)(C)C)cn3C)ccc2s1. The van der Waals surface area contributed by atoms with Crippen LogP contribution in [-0.2, 0) is 16.5 Å². The van der Waals surface area contributed by atoms with Crippen molar-refractivity contribution in [2.45, 2.75) is 26.4 Å². The van der Waals surface area contributed by atoms with E-state index in [2.05, 4.69) is 10.6 Å². The molecule has 2 aromatic heterocycles. The number of carbonyl (C=O) groups excluding carboxylic acids is 3. The molecule has 0 aliphatic rings. The van der Waals surface area contributed by atoms with E-state index in [4.69, 9.17) is 9.47 Å². The third kappa shape index (κ3) is 4.98. The Kier molecular flexibility index (Phi) is 5.84. The molecule has 0 radical (unpaired) electrons. The van der Waals surface area contributed by atoms with Crippen LogP contribution in [0.25, 0.3) is 10.1 Å². The predicted octanol–water partition coefficient (Wildman–Crippen LogP) is 4.63. The van der Waals surface area contributed by atoms with E-state index in [-0.39, 0.29) is 5.91 Å². The van der Waals surface area contributed by atoms with Gasteiger partial charge in [-0.1, -0.05) is 0 Å². The van der Waals surface area contributed by atoms with Crippen molar-refractivity contribution < 1.29 is 23.9 Å². The van der Waals surface area contributed by atoms with Gasteiger partial charge in [-0.15, -0.1) is 11.3 Å². The minimum absolute atomic E-state index is 0.336. The summed E-state index contributed by atoms with van der Waals surface area (Å²) < 4.78 is 12.5. The Balaban J connectivity index is 1.73. The number of carbonyl (C=O) groups is 3. The minimum atomic E-state index is -0.618. The van der Waals surface area contributed by atoms with E-state index in [1.54, 1.807) is 62.8 Å². The monoisotopic (exact) mass is 429 g/mol. The number of thiophene rings is 1. The molecule has 2 amide bonds. The number of anilines is 2. The molecule has 0 saturated heterocycles. The summed E-state index contributed by atoms with van der Waals surface area (Å²) in [5, 5.41) is 6.28. The molecule has 9 heteroatoms. The Morgan fingerprint density at radius 1 is 1.03 bits per heavy atom. The normalized spacial score (nSPS) is 11.2. The number of nitrogens with one attached hydrogen (secondary N) is 2. The third-order valence-electron chi connectivity index (χ3n) is 4.04. The van der Waals surface area contributed by atoms with Crippen LogP contribution in [0.5, 0.6) is 0 Å². The van der Waals surface area contributed by atoms with Gasteiger partial charge in [0.1, 0.15) is 16.2 Å². The van der Waals surface area contributed by atoms with E-state index in [0.29, 0.717) is 21.9 Å². The van der Waals surface area contributed by atoms with Gasteiger partial charge < -0.3 is 19.4 Å². The molecule has 158 valence electrons. The number of nitrogens with zero attached hydrogens (tertiary/aromatic N) is 1. The smallest absolute Gasteiger partial charge is 0.412 e. The molecule has 0 atom stereocenters. The number of methoxy groups -OCH3 is 1. The number of esters is 1. The highest BCUT2D eigenvalue weighted by Gasteiger charge is 2.19. The number of hydrogen-bond donors (Lipinski definition) is 2. The maximum Gasteiger partial charge on any atom is 0.412 e. The Hall–Kier alpha value is -3.33. The first-order valence-corrected chi connectivity index (χ1v) is 9.97. The van der Waals surface area contributed by atoms with Gasteiger partial charge in [-0.3, -0.25) is 10.1 Å². The van der Waals surface area contributed by atoms with Crippen LogP contribution in [0.3, 0.4) is 0 Å². The lowest BCUT2D eigenvalue weighted by Gasteiger charge is -2.19. The van der Waals surface area contributed by atoms with E-state index < -0.39 is 17.7 Å². The van der Waals surface area contributed by atoms with E-state index in [0.717, 1.165) is 10.1 Å². The maximum atomic E-state index is 12.7. The Morgan fingerprint density at radius 3 is 2.43 bits per heavy atom. The molecule has 30 heavy (non-hydrogen) atoms. The number of rotatable bonds is 4. The summed E-state index contributed by atoms with van der Waals surface area (Å²) in [5.41, 5.74) is 0.784. The zero-order chi connectivity index (χ0) is 22.1. The zero-order valence-electron chi connectivity index (χ0n) is 17.4. The van der Waals surface area contributed by atoms with Crippen molar-refractivity contribution in [2.75, 3.05) is 17.7 Å². The lowest BCUT2D eigenvalue weighted by Crippen LogP contribution is -2.27. The summed E-state index contributed by atoms with van der Waals surface area (Å²) in [7, 11) is 3.05. The van der Waals surface area contributed by atoms with Gasteiger partial charge in [0.25, 0.3) is 5.91 Å². The Labute approximate surface area is 177 Å². The number of aromatic nitrogens is 1. The number of hydrogen-bond acceptors (Lipinski definition) is 6. The van der Waals surface area contributed by atoms with Crippen molar-refractivity contribution in [3.05, 3.63) is 47.1 Å². The lowest BCUT2D eigenvalue weighted by atomic mass is 10.2. The highest BCUT2D eigenvalue weighted by atomic mass is 32.1. The second-order valence-electron chi connectivity index (χ2n) is 7.66. The molecule has 0 aliphatic carbocycles. The molecule has 0 spiro atoms. The van der Waals surface area contributed by atoms with Crippen molar-refractivity contribution in [2.24, 2.45) is 7.05 Å². The molecule has 0 saturated carbocycles. The average molecular weight is 429 g/mol. The van der Waals surface area contributed by atoms with Crippen LogP contribution in [0.2, 0.25) is 0 Å². The number of amides is 2. The molecule has 3 aromatic rings. The second-order valence-corrected chi connectivity index (χ2v) is 8.74. The maximum absolute atomic E-state index is 12.7. The number of aryl methyl sites for hydroxylation is 1. The largest absolute Gasteiger partial charge is 0.465 e. The van der Waals surface area contributed by atoms with E-state index in [1.165, 1.54) is 18.4 Å². The van der Waals surface area contributed by atoms with Gasteiger partial charge in [0.05, 0.1) is 12.8 Å². The van der Waals surface area contributed by atoms with E-state index >= 15 is 0 Å². The van der Waals surface area contributed by atoms with Crippen LogP contribution in [0.15, 0.2) is 36.5 Å². The molecule has 3 rings (SSSR count). The summed E-state index contributed by atoms with van der Waals surface area (Å²) in [5.74, 6) is -0.729. The average Bonchev–Trinajstić information content (AvgIpc) is 3.22. The fourth-order valence-electron chi connectivity index (χ4n) is 2.80. The quantitative estimate of drug-likeness (QED) is 0.590. The van der Waals surface area contributed by atoms with Crippen LogP contribution >= 0.6 is 11.3 Å². The molecular formula is C21H23N3O5S. The number of benzene rings is 1. The van der Waals surface area contributed by atoms with Crippen molar-refractivity contribution in [3.8, 4) is 0 Å². The Morgan fingerprint density at radius 2 is 1.77 bits per heavy atom. The molecule has 2 heterocycles. The highest BCUT2D eigenvalue weighted by Crippen LogP contribution is 2.29. The molecule has 0 unspecified atom stereocenters. The van der Waals surface area contributed by atoms with Gasteiger partial charge in [-0.05, 0) is 56.5 Å². The van der Waals surface area contributed by atoms with Crippen LogP contribution in [0.1, 0.15) is 40.9 Å². The molecule has 0 aliphatic heterocycles. The Bertz CT molecular complexity index is 1120. The summed E-state index contributed by atoms with van der Waals surface area (Å²) in [4.78, 5) is 36.8. The number of fused-ring (bicyclic) bond motifs is 1. The molecule has 0 fully saturated rings. The van der Waals surface area contributed by atoms with Gasteiger partial charge in [-0.25, -0.2) is 9.59 Å². The first-order chi connectivity index (χ1) is 14.1. The minimum Gasteiger partial charge on any atom is -0.465 e. The molecular weight excluding hydrogens is 406 g/mol. The molecule has 2 N–H and O–H groups in total. The van der Waals surface area contributed by atoms with Gasteiger partial charge in [-0.2, -0.15) is 0 Å². The lowest BCUT2D eigenvalue weighted by molar-refractivity contribution is 0.0603. The first kappa shape index (κ1) is 21.4. The fraction of sp³-hybridized carbons (Fsp3) is 0.286. The van der Waals surface area contributed by atoms with Crippen LogP contribution in [-0.4, -0.2) is 35.2 Å². The predicted molar refractivity (Wildman–Crippen MR) is 116 cm³/mol. The van der Waals surface area contributed by atoms with Crippen LogP contribution in [0.4, 0.5) is 16.2 Å². The highest BCUT2D eigenvalue weighted by molar-refractivity contribution is 7.20. The number of ether oxygens (including phenoxy) is 2. The van der Waals surface area contributed by atoms with E-state index in [1.807, 2.05) is 6.07 Å². The standard InChI is InChI=1S/C21H23N3O5S/c1-21(2,3)29-20(27)23-14-10-15(24(4)11-14)18(25)22-13-6-7-16-12(8-13)9-17(30-16)19(26)28-5/h6-11H,1-5H3,(H,22,25)(H,23,27). The van der Waals surface area contributed by atoms with Crippen LogP contribution in [0, 0.1) is 0 Å². The second kappa shape index (κ2) is 8.19. The summed E-state index contributed by atoms with van der Waals surface area (Å²) in [6.07, 6.45) is 1.04. The van der Waals surface area contributed by atoms with Gasteiger partial charge >= 0.3 is 12.1 Å². The molecule has 1 aromatic carbocycles. The fourth-order valence-corrected chi connectivity index (χ4v) is 3.76. The van der Waals surface area contributed by atoms with Crippen molar-refractivity contribution >= 4 is 50.8 Å². The van der Waals surface area contributed by atoms with Crippen molar-refractivity contribution in [1.82, 2.24) is 4.57 Å². The third-order valence-corrected chi connectivity index (χ3v) is 5.14. The zero-order valence-corrected chi connectivity index (χ0v) is 18.2. The van der Waals surface area contributed by atoms with Gasteiger partial charge in [0.2, 0.25) is 0 Å². The van der Waals surface area contributed by atoms with Gasteiger partial charge in [0, 0.05) is 23.6 Å². The molecule has 8 nitrogen and oxygen atoms in total. The molecule has 0 bridgehead atoms. The summed E-state index contributed by atoms with van der Waals surface area (Å²) >= 11 is 1.33. The van der Waals surface area contributed by atoms with Crippen molar-refractivity contribution in [1.29, 1.82) is 0 Å². The topological polar surface area (TPSA) is 98.7 Å². The summed E-state index contributed by atoms with van der Waals surface area (Å²) in [6.45, 7) is 5.32. The van der Waals surface area contributed by atoms with Crippen molar-refractivity contribution in [3.63, 3.8) is 0 Å². The first-order valence-electron chi connectivity index (χ1n) is 9.15. The van der Waals surface area contributed by atoms with Crippen LogP contribution < -0.4 is 10.6 Å².